The molecule has 0 amide bonds. The molecule has 1 fully saturated rings. The van der Waals surface area contributed by atoms with E-state index in [2.05, 4.69) is 33.0 Å². The monoisotopic (exact) mass is 291 g/mol. The van der Waals surface area contributed by atoms with Crippen molar-refractivity contribution in [2.24, 2.45) is 11.3 Å². The Bertz CT molecular complexity index is 475. The molecular formula is C19H30FN. The molecule has 1 aliphatic carbocycles. The second-order valence-electron chi connectivity index (χ2n) is 7.76. The van der Waals surface area contributed by atoms with E-state index >= 15 is 0 Å². The molecule has 1 saturated carbocycles. The quantitative estimate of drug-likeness (QED) is 0.787. The number of hydrogen-bond acceptors (Lipinski definition) is 1. The van der Waals surface area contributed by atoms with E-state index in [1.807, 2.05) is 19.1 Å². The van der Waals surface area contributed by atoms with Crippen molar-refractivity contribution in [1.82, 2.24) is 5.32 Å². The van der Waals surface area contributed by atoms with Crippen LogP contribution in [0.15, 0.2) is 18.2 Å². The molecule has 1 aromatic rings. The lowest BCUT2D eigenvalue weighted by Crippen LogP contribution is -2.45. The van der Waals surface area contributed by atoms with Crippen molar-refractivity contribution in [3.8, 4) is 0 Å². The maximum Gasteiger partial charge on any atom is 0.126 e. The van der Waals surface area contributed by atoms with Gasteiger partial charge in [-0.15, -0.1) is 0 Å². The Morgan fingerprint density at radius 2 is 1.86 bits per heavy atom. The van der Waals surface area contributed by atoms with Gasteiger partial charge < -0.3 is 5.32 Å². The molecule has 0 aliphatic heterocycles. The SMILES string of the molecule is Cc1ccc(C(C)NC2CCCCC2C(C)(C)C)cc1F. The third-order valence-corrected chi connectivity index (χ3v) is 5.04. The number of rotatable bonds is 3. The highest BCUT2D eigenvalue weighted by molar-refractivity contribution is 5.25. The van der Waals surface area contributed by atoms with Gasteiger partial charge in [-0.2, -0.15) is 0 Å². The third-order valence-electron chi connectivity index (χ3n) is 5.04. The van der Waals surface area contributed by atoms with Crippen molar-refractivity contribution in [3.05, 3.63) is 35.1 Å². The number of benzene rings is 1. The fourth-order valence-electron chi connectivity index (χ4n) is 3.66. The van der Waals surface area contributed by atoms with Gasteiger partial charge in [-0.05, 0) is 55.2 Å². The zero-order valence-corrected chi connectivity index (χ0v) is 14.2. The van der Waals surface area contributed by atoms with Crippen molar-refractivity contribution in [2.75, 3.05) is 0 Å². The predicted molar refractivity (Wildman–Crippen MR) is 87.9 cm³/mol. The van der Waals surface area contributed by atoms with Crippen molar-refractivity contribution in [1.29, 1.82) is 0 Å². The molecule has 1 nitrogen and oxygen atoms in total. The van der Waals surface area contributed by atoms with Crippen LogP contribution in [0.3, 0.4) is 0 Å². The number of halogens is 1. The van der Waals surface area contributed by atoms with Crippen LogP contribution < -0.4 is 5.32 Å². The summed E-state index contributed by atoms with van der Waals surface area (Å²) in [6.07, 6.45) is 5.18. The molecule has 0 heterocycles. The minimum absolute atomic E-state index is 0.0998. The highest BCUT2D eigenvalue weighted by Crippen LogP contribution is 2.38. The largest absolute Gasteiger partial charge is 0.307 e. The van der Waals surface area contributed by atoms with Crippen LogP contribution in [0.25, 0.3) is 0 Å². The van der Waals surface area contributed by atoms with Crippen LogP contribution in [0.4, 0.5) is 4.39 Å². The summed E-state index contributed by atoms with van der Waals surface area (Å²) in [5.74, 6) is 0.598. The number of nitrogens with one attached hydrogen (secondary N) is 1. The first-order valence-electron chi connectivity index (χ1n) is 8.31. The molecule has 0 aromatic heterocycles. The summed E-state index contributed by atoms with van der Waals surface area (Å²) < 4.78 is 13.8. The summed E-state index contributed by atoms with van der Waals surface area (Å²) in [4.78, 5) is 0. The van der Waals surface area contributed by atoms with Gasteiger partial charge in [0.1, 0.15) is 5.82 Å². The van der Waals surface area contributed by atoms with E-state index in [9.17, 15) is 4.39 Å². The molecule has 0 saturated heterocycles. The lowest BCUT2D eigenvalue weighted by atomic mass is 9.69. The van der Waals surface area contributed by atoms with Crippen LogP contribution >= 0.6 is 0 Å². The molecule has 2 rings (SSSR count). The first kappa shape index (κ1) is 16.5. The van der Waals surface area contributed by atoms with E-state index < -0.39 is 0 Å². The minimum atomic E-state index is -0.0998. The maximum absolute atomic E-state index is 13.8. The summed E-state index contributed by atoms with van der Waals surface area (Å²) in [5, 5.41) is 3.77. The highest BCUT2D eigenvalue weighted by atomic mass is 19.1. The van der Waals surface area contributed by atoms with Gasteiger partial charge in [0, 0.05) is 12.1 Å². The van der Waals surface area contributed by atoms with Gasteiger partial charge in [0.15, 0.2) is 0 Å². The first-order valence-corrected chi connectivity index (χ1v) is 8.31. The van der Waals surface area contributed by atoms with Gasteiger partial charge in [0.2, 0.25) is 0 Å². The summed E-state index contributed by atoms with van der Waals surface area (Å²) in [5.41, 5.74) is 2.10. The second-order valence-corrected chi connectivity index (χ2v) is 7.76. The molecule has 3 unspecified atom stereocenters. The van der Waals surface area contributed by atoms with E-state index in [-0.39, 0.29) is 11.9 Å². The smallest absolute Gasteiger partial charge is 0.126 e. The molecule has 0 spiro atoms. The molecule has 3 atom stereocenters. The van der Waals surface area contributed by atoms with Crippen LogP contribution in [0.2, 0.25) is 0 Å². The van der Waals surface area contributed by atoms with Crippen LogP contribution in [-0.2, 0) is 0 Å². The average molecular weight is 291 g/mol. The fraction of sp³-hybridized carbons (Fsp3) is 0.684. The highest BCUT2D eigenvalue weighted by Gasteiger charge is 2.34. The Morgan fingerprint density at radius 1 is 1.19 bits per heavy atom. The van der Waals surface area contributed by atoms with Crippen molar-refractivity contribution in [2.45, 2.75) is 72.4 Å². The zero-order valence-electron chi connectivity index (χ0n) is 14.2. The van der Waals surface area contributed by atoms with Crippen molar-refractivity contribution >= 4 is 0 Å². The van der Waals surface area contributed by atoms with Gasteiger partial charge in [0.25, 0.3) is 0 Å². The molecule has 1 N–H and O–H groups in total. The molecule has 0 bridgehead atoms. The summed E-state index contributed by atoms with van der Waals surface area (Å²) in [6.45, 7) is 11.0. The molecule has 1 aliphatic rings. The Balaban J connectivity index is 2.09. The summed E-state index contributed by atoms with van der Waals surface area (Å²) >= 11 is 0. The van der Waals surface area contributed by atoms with E-state index in [1.54, 1.807) is 6.07 Å². The molecule has 118 valence electrons. The van der Waals surface area contributed by atoms with Crippen molar-refractivity contribution in [3.63, 3.8) is 0 Å². The van der Waals surface area contributed by atoms with E-state index in [4.69, 9.17) is 0 Å². The Morgan fingerprint density at radius 3 is 2.48 bits per heavy atom. The van der Waals surface area contributed by atoms with E-state index in [1.165, 1.54) is 25.7 Å². The van der Waals surface area contributed by atoms with Gasteiger partial charge in [-0.3, -0.25) is 0 Å². The Kier molecular flexibility index (Phi) is 5.08. The fourth-order valence-corrected chi connectivity index (χ4v) is 3.66. The average Bonchev–Trinajstić information content (AvgIpc) is 2.41. The van der Waals surface area contributed by atoms with Crippen molar-refractivity contribution < 1.29 is 4.39 Å². The molecular weight excluding hydrogens is 261 g/mol. The molecule has 1 aromatic carbocycles. The van der Waals surface area contributed by atoms with Crippen LogP contribution in [0.1, 0.15) is 70.5 Å². The van der Waals surface area contributed by atoms with Gasteiger partial charge in [-0.1, -0.05) is 45.7 Å². The second kappa shape index (κ2) is 6.48. The standard InChI is InChI=1S/C19H30FN/c1-13-10-11-15(12-17(13)20)14(2)21-18-9-7-6-8-16(18)19(3,4)5/h10-12,14,16,18,21H,6-9H2,1-5H3. The van der Waals surface area contributed by atoms with Crippen LogP contribution in [0, 0.1) is 24.1 Å². The van der Waals surface area contributed by atoms with Crippen LogP contribution in [0.5, 0.6) is 0 Å². The molecule has 21 heavy (non-hydrogen) atoms. The lowest BCUT2D eigenvalue weighted by molar-refractivity contribution is 0.124. The number of hydrogen-bond donors (Lipinski definition) is 1. The minimum Gasteiger partial charge on any atom is -0.307 e. The Labute approximate surface area is 129 Å². The van der Waals surface area contributed by atoms with Gasteiger partial charge in [-0.25, -0.2) is 4.39 Å². The van der Waals surface area contributed by atoms with Gasteiger partial charge in [0.05, 0.1) is 0 Å². The number of aryl methyl sites for hydroxylation is 1. The lowest BCUT2D eigenvalue weighted by Gasteiger charge is -2.42. The Hall–Kier alpha value is -0.890. The van der Waals surface area contributed by atoms with E-state index in [0.29, 0.717) is 17.4 Å². The summed E-state index contributed by atoms with van der Waals surface area (Å²) in [6, 6.07) is 6.35. The summed E-state index contributed by atoms with van der Waals surface area (Å²) in [7, 11) is 0. The molecule has 2 heteroatoms. The van der Waals surface area contributed by atoms with Gasteiger partial charge >= 0.3 is 0 Å². The maximum atomic E-state index is 13.8. The predicted octanol–water partition coefficient (Wildman–Crippen LogP) is 5.39. The van der Waals surface area contributed by atoms with E-state index in [0.717, 1.165) is 11.1 Å². The normalized spacial score (nSPS) is 24.9. The first-order chi connectivity index (χ1) is 9.79. The van der Waals surface area contributed by atoms with Crippen LogP contribution in [-0.4, -0.2) is 6.04 Å². The molecule has 0 radical (unpaired) electrons. The topological polar surface area (TPSA) is 12.0 Å². The zero-order chi connectivity index (χ0) is 15.6. The third kappa shape index (κ3) is 4.06.